The highest BCUT2D eigenvalue weighted by Gasteiger charge is 2.08. The summed E-state index contributed by atoms with van der Waals surface area (Å²) in [5.41, 5.74) is 1.79. The Balaban J connectivity index is 2.34. The first kappa shape index (κ1) is 10.5. The second-order valence-corrected chi connectivity index (χ2v) is 3.99. The number of aromatic hydroxyl groups is 1. The zero-order valence-electron chi connectivity index (χ0n) is 9.42. The molecule has 0 unspecified atom stereocenters. The van der Waals surface area contributed by atoms with Crippen molar-refractivity contribution >= 4 is 10.9 Å². The lowest BCUT2D eigenvalue weighted by atomic mass is 10.0. The van der Waals surface area contributed by atoms with Crippen molar-refractivity contribution in [1.82, 2.24) is 9.97 Å². The Morgan fingerprint density at radius 2 is 1.83 bits per heavy atom. The van der Waals surface area contributed by atoms with E-state index in [-0.39, 0.29) is 11.3 Å². The van der Waals surface area contributed by atoms with Crippen molar-refractivity contribution in [2.45, 2.75) is 0 Å². The number of phenolic OH excluding ortho intramolecular Hbond substituents is 1. The molecule has 0 aliphatic carbocycles. The van der Waals surface area contributed by atoms with Crippen LogP contribution in [-0.2, 0) is 0 Å². The molecule has 18 heavy (non-hydrogen) atoms. The van der Waals surface area contributed by atoms with Crippen molar-refractivity contribution in [1.29, 1.82) is 0 Å². The molecule has 88 valence electrons. The molecular weight excluding hydrogens is 228 g/mol. The van der Waals surface area contributed by atoms with E-state index in [0.717, 1.165) is 11.1 Å². The van der Waals surface area contributed by atoms with Crippen LogP contribution in [0.4, 0.5) is 0 Å². The summed E-state index contributed by atoms with van der Waals surface area (Å²) in [5.74, 6) is 0.0115. The molecule has 0 radical (unpaired) electrons. The molecule has 0 saturated heterocycles. The van der Waals surface area contributed by atoms with Gasteiger partial charge in [-0.2, -0.15) is 0 Å². The average molecular weight is 238 g/mol. The van der Waals surface area contributed by atoms with Crippen molar-refractivity contribution in [3.63, 3.8) is 0 Å². The molecule has 0 aliphatic heterocycles. The van der Waals surface area contributed by atoms with Crippen LogP contribution in [0.1, 0.15) is 0 Å². The van der Waals surface area contributed by atoms with Gasteiger partial charge in [-0.15, -0.1) is 0 Å². The molecular formula is C14H10N2O2. The molecule has 0 aliphatic rings. The number of aromatic nitrogens is 2. The monoisotopic (exact) mass is 238 g/mol. The molecule has 0 atom stereocenters. The third-order valence-corrected chi connectivity index (χ3v) is 2.83. The molecule has 0 bridgehead atoms. The number of phenols is 1. The maximum Gasteiger partial charge on any atom is 0.258 e. The molecule has 3 rings (SSSR count). The summed E-state index contributed by atoms with van der Waals surface area (Å²) in [5, 5.41) is 10.3. The Labute approximate surface area is 103 Å². The molecule has 2 N–H and O–H groups in total. The summed E-state index contributed by atoms with van der Waals surface area (Å²) in [6, 6.07) is 12.9. The predicted octanol–water partition coefficient (Wildman–Crippen LogP) is 2.30. The van der Waals surface area contributed by atoms with E-state index in [1.54, 1.807) is 12.1 Å². The van der Waals surface area contributed by atoms with Crippen LogP contribution in [0.3, 0.4) is 0 Å². The molecule has 0 saturated carbocycles. The zero-order valence-corrected chi connectivity index (χ0v) is 9.42. The minimum atomic E-state index is -0.256. The van der Waals surface area contributed by atoms with Gasteiger partial charge in [-0.05, 0) is 23.3 Å². The molecule has 0 fully saturated rings. The minimum absolute atomic E-state index is 0.0115. The fraction of sp³-hybridized carbons (Fsp3) is 0. The summed E-state index contributed by atoms with van der Waals surface area (Å²) in [6.07, 6.45) is 1.28. The van der Waals surface area contributed by atoms with Crippen LogP contribution in [0.5, 0.6) is 5.75 Å². The number of aromatic amines is 1. The number of hydrogen-bond donors (Lipinski definition) is 2. The van der Waals surface area contributed by atoms with Crippen molar-refractivity contribution in [2.24, 2.45) is 0 Å². The highest BCUT2D eigenvalue weighted by atomic mass is 16.3. The van der Waals surface area contributed by atoms with Gasteiger partial charge in [0.2, 0.25) is 0 Å². The quantitative estimate of drug-likeness (QED) is 0.683. The van der Waals surface area contributed by atoms with Gasteiger partial charge in [-0.3, -0.25) is 4.79 Å². The molecule has 0 spiro atoms. The van der Waals surface area contributed by atoms with E-state index in [4.69, 9.17) is 0 Å². The Hall–Kier alpha value is -2.62. The SMILES string of the molecule is O=c1[nH]cnc2c(O)cc(-c3ccccc3)cc12. The van der Waals surface area contributed by atoms with Gasteiger partial charge in [0.15, 0.2) is 0 Å². The summed E-state index contributed by atoms with van der Waals surface area (Å²) in [6.45, 7) is 0. The van der Waals surface area contributed by atoms with Crippen LogP contribution in [0, 0.1) is 0 Å². The second kappa shape index (κ2) is 4.00. The normalized spacial score (nSPS) is 10.7. The van der Waals surface area contributed by atoms with Gasteiger partial charge in [0, 0.05) is 0 Å². The number of fused-ring (bicyclic) bond motifs is 1. The lowest BCUT2D eigenvalue weighted by Gasteiger charge is -2.05. The van der Waals surface area contributed by atoms with E-state index in [1.165, 1.54) is 6.33 Å². The summed E-state index contributed by atoms with van der Waals surface area (Å²) >= 11 is 0. The Bertz CT molecular complexity index is 764. The van der Waals surface area contributed by atoms with Crippen LogP contribution < -0.4 is 5.56 Å². The fourth-order valence-corrected chi connectivity index (χ4v) is 1.96. The van der Waals surface area contributed by atoms with Gasteiger partial charge < -0.3 is 10.1 Å². The van der Waals surface area contributed by atoms with E-state index >= 15 is 0 Å². The molecule has 4 nitrogen and oxygen atoms in total. The number of hydrogen-bond acceptors (Lipinski definition) is 3. The van der Waals surface area contributed by atoms with Gasteiger partial charge in [-0.1, -0.05) is 30.3 Å². The van der Waals surface area contributed by atoms with E-state index in [1.807, 2.05) is 30.3 Å². The van der Waals surface area contributed by atoms with Gasteiger partial charge in [0.1, 0.15) is 11.3 Å². The Morgan fingerprint density at radius 3 is 2.61 bits per heavy atom. The van der Waals surface area contributed by atoms with E-state index in [2.05, 4.69) is 9.97 Å². The average Bonchev–Trinajstić information content (AvgIpc) is 2.41. The van der Waals surface area contributed by atoms with Crippen molar-refractivity contribution < 1.29 is 5.11 Å². The first-order valence-electron chi connectivity index (χ1n) is 5.51. The number of nitrogens with zero attached hydrogens (tertiary/aromatic N) is 1. The Kier molecular flexibility index (Phi) is 2.34. The second-order valence-electron chi connectivity index (χ2n) is 3.99. The third kappa shape index (κ3) is 1.64. The minimum Gasteiger partial charge on any atom is -0.506 e. The first-order valence-corrected chi connectivity index (χ1v) is 5.51. The van der Waals surface area contributed by atoms with Crippen molar-refractivity contribution in [3.8, 4) is 16.9 Å². The molecule has 0 amide bonds. The lowest BCUT2D eigenvalue weighted by molar-refractivity contribution is 0.480. The maximum absolute atomic E-state index is 11.7. The van der Waals surface area contributed by atoms with Gasteiger partial charge in [-0.25, -0.2) is 4.98 Å². The first-order chi connectivity index (χ1) is 8.75. The number of H-pyrrole nitrogens is 1. The maximum atomic E-state index is 11.7. The standard InChI is InChI=1S/C14H10N2O2/c17-12-7-10(9-4-2-1-3-5-9)6-11-13(12)15-8-16-14(11)18/h1-8,17H,(H,15,16,18). The highest BCUT2D eigenvalue weighted by Crippen LogP contribution is 2.28. The number of benzene rings is 2. The van der Waals surface area contributed by atoms with Crippen LogP contribution in [0.25, 0.3) is 22.0 Å². The van der Waals surface area contributed by atoms with Crippen LogP contribution >= 0.6 is 0 Å². The predicted molar refractivity (Wildman–Crippen MR) is 69.5 cm³/mol. The smallest absolute Gasteiger partial charge is 0.258 e. The zero-order chi connectivity index (χ0) is 12.5. The summed E-state index contributed by atoms with van der Waals surface area (Å²) in [7, 11) is 0. The van der Waals surface area contributed by atoms with E-state index < -0.39 is 0 Å². The lowest BCUT2D eigenvalue weighted by Crippen LogP contribution is -2.06. The molecule has 3 aromatic rings. The number of rotatable bonds is 1. The summed E-state index contributed by atoms with van der Waals surface area (Å²) in [4.78, 5) is 18.2. The van der Waals surface area contributed by atoms with E-state index in [9.17, 15) is 9.90 Å². The molecule has 1 heterocycles. The highest BCUT2D eigenvalue weighted by molar-refractivity contribution is 5.88. The fourth-order valence-electron chi connectivity index (χ4n) is 1.96. The largest absolute Gasteiger partial charge is 0.506 e. The van der Waals surface area contributed by atoms with Crippen LogP contribution in [0.2, 0.25) is 0 Å². The molecule has 1 aromatic heterocycles. The third-order valence-electron chi connectivity index (χ3n) is 2.83. The molecule has 2 aromatic carbocycles. The van der Waals surface area contributed by atoms with Crippen LogP contribution in [0.15, 0.2) is 53.6 Å². The van der Waals surface area contributed by atoms with Crippen molar-refractivity contribution in [3.05, 3.63) is 59.1 Å². The van der Waals surface area contributed by atoms with Gasteiger partial charge in [0.25, 0.3) is 5.56 Å². The summed E-state index contributed by atoms with van der Waals surface area (Å²) < 4.78 is 0. The van der Waals surface area contributed by atoms with Crippen molar-refractivity contribution in [2.75, 3.05) is 0 Å². The van der Waals surface area contributed by atoms with Gasteiger partial charge >= 0.3 is 0 Å². The van der Waals surface area contributed by atoms with E-state index in [0.29, 0.717) is 10.9 Å². The number of nitrogens with one attached hydrogen (secondary N) is 1. The van der Waals surface area contributed by atoms with Crippen LogP contribution in [-0.4, -0.2) is 15.1 Å². The molecule has 4 heteroatoms. The Morgan fingerprint density at radius 1 is 1.06 bits per heavy atom. The topological polar surface area (TPSA) is 66.0 Å². The van der Waals surface area contributed by atoms with Gasteiger partial charge in [0.05, 0.1) is 11.7 Å².